The largest absolute Gasteiger partial charge is 0.366 e. The van der Waals surface area contributed by atoms with Crippen LogP contribution < -0.4 is 0 Å². The Balaban J connectivity index is 2.38. The number of imidazole rings is 1. The summed E-state index contributed by atoms with van der Waals surface area (Å²) in [7, 11) is 0. The molecule has 1 aromatic heterocycles. The zero-order valence-corrected chi connectivity index (χ0v) is 7.01. The molecule has 0 aliphatic carbocycles. The second-order valence-corrected chi connectivity index (χ2v) is 2.89. The summed E-state index contributed by atoms with van der Waals surface area (Å²) in [4.78, 5) is 4.00. The summed E-state index contributed by atoms with van der Waals surface area (Å²) >= 11 is 5.85. The van der Waals surface area contributed by atoms with Crippen molar-refractivity contribution in [1.29, 1.82) is 0 Å². The highest BCUT2D eigenvalue weighted by molar-refractivity contribution is 6.30. The van der Waals surface area contributed by atoms with Gasteiger partial charge in [-0.2, -0.15) is 0 Å². The monoisotopic (exact) mass is 172 g/mol. The van der Waals surface area contributed by atoms with Crippen molar-refractivity contribution in [3.63, 3.8) is 0 Å². The fraction of sp³-hybridized carbons (Fsp3) is 0.571. The average molecular weight is 173 g/mol. The second kappa shape index (κ2) is 2.50. The van der Waals surface area contributed by atoms with E-state index in [0.717, 1.165) is 18.8 Å². The summed E-state index contributed by atoms with van der Waals surface area (Å²) in [6.07, 6.45) is 1.95. The minimum Gasteiger partial charge on any atom is -0.366 e. The molecule has 4 heteroatoms. The number of nitrogens with zero attached hydrogens (tertiary/aromatic N) is 2. The van der Waals surface area contributed by atoms with Crippen LogP contribution in [-0.4, -0.2) is 16.2 Å². The topological polar surface area (TPSA) is 30.4 Å². The van der Waals surface area contributed by atoms with Crippen molar-refractivity contribution in [2.24, 2.45) is 0 Å². The Morgan fingerprint density at radius 2 is 2.64 bits per heavy atom. The Morgan fingerprint density at radius 1 is 1.91 bits per heavy atom. The third-order valence-electron chi connectivity index (χ3n) is 1.81. The summed E-state index contributed by atoms with van der Waals surface area (Å²) in [5, 5.41) is 0.578. The van der Waals surface area contributed by atoms with Crippen LogP contribution in [0.25, 0.3) is 0 Å². The molecule has 60 valence electrons. The number of epoxide rings is 1. The van der Waals surface area contributed by atoms with Crippen molar-refractivity contribution < 1.29 is 4.74 Å². The lowest BCUT2D eigenvalue weighted by atomic mass is 10.3. The molecule has 1 fully saturated rings. The molecule has 2 heterocycles. The van der Waals surface area contributed by atoms with E-state index in [-0.39, 0.29) is 6.10 Å². The second-order valence-electron chi connectivity index (χ2n) is 2.53. The van der Waals surface area contributed by atoms with Crippen LogP contribution in [-0.2, 0) is 11.3 Å². The number of halogens is 1. The van der Waals surface area contributed by atoms with Crippen LogP contribution >= 0.6 is 11.6 Å². The molecular weight excluding hydrogens is 164 g/mol. The zero-order valence-electron chi connectivity index (χ0n) is 6.25. The van der Waals surface area contributed by atoms with Gasteiger partial charge in [0.1, 0.15) is 6.10 Å². The fourth-order valence-corrected chi connectivity index (χ4v) is 1.42. The number of aryl methyl sites for hydroxylation is 1. The maximum absolute atomic E-state index is 5.85. The van der Waals surface area contributed by atoms with Crippen LogP contribution in [0.2, 0.25) is 5.15 Å². The summed E-state index contributed by atoms with van der Waals surface area (Å²) < 4.78 is 7.14. The first kappa shape index (κ1) is 7.13. The molecule has 0 spiro atoms. The maximum Gasteiger partial charge on any atom is 0.153 e. The van der Waals surface area contributed by atoms with Gasteiger partial charge in [0, 0.05) is 6.54 Å². The van der Waals surface area contributed by atoms with Crippen LogP contribution in [0.5, 0.6) is 0 Å². The smallest absolute Gasteiger partial charge is 0.153 e. The Labute approximate surface area is 69.9 Å². The lowest BCUT2D eigenvalue weighted by Crippen LogP contribution is -1.97. The van der Waals surface area contributed by atoms with Crippen molar-refractivity contribution in [1.82, 2.24) is 9.55 Å². The van der Waals surface area contributed by atoms with Gasteiger partial charge in [-0.25, -0.2) is 4.98 Å². The van der Waals surface area contributed by atoms with Gasteiger partial charge in [-0.1, -0.05) is 11.6 Å². The quantitative estimate of drug-likeness (QED) is 0.635. The van der Waals surface area contributed by atoms with E-state index in [1.807, 2.05) is 4.57 Å². The Bertz CT molecular complexity index is 267. The molecule has 0 aromatic carbocycles. The van der Waals surface area contributed by atoms with E-state index < -0.39 is 0 Å². The molecule has 11 heavy (non-hydrogen) atoms. The van der Waals surface area contributed by atoms with Crippen LogP contribution in [0.4, 0.5) is 0 Å². The van der Waals surface area contributed by atoms with Gasteiger partial charge >= 0.3 is 0 Å². The molecule has 0 bridgehead atoms. The highest BCUT2D eigenvalue weighted by Gasteiger charge is 2.30. The van der Waals surface area contributed by atoms with Crippen LogP contribution in [0.3, 0.4) is 0 Å². The van der Waals surface area contributed by atoms with Gasteiger partial charge in [0.05, 0.1) is 18.6 Å². The van der Waals surface area contributed by atoms with E-state index in [1.54, 1.807) is 6.33 Å². The van der Waals surface area contributed by atoms with Gasteiger partial charge in [-0.05, 0) is 6.92 Å². The molecule has 1 aromatic rings. The van der Waals surface area contributed by atoms with Crippen molar-refractivity contribution in [2.45, 2.75) is 19.6 Å². The van der Waals surface area contributed by atoms with E-state index in [0.29, 0.717) is 5.15 Å². The van der Waals surface area contributed by atoms with Gasteiger partial charge in [0.25, 0.3) is 0 Å². The Hall–Kier alpha value is -0.540. The Morgan fingerprint density at radius 3 is 3.18 bits per heavy atom. The van der Waals surface area contributed by atoms with E-state index in [9.17, 15) is 0 Å². The minimum absolute atomic E-state index is 0.199. The highest BCUT2D eigenvalue weighted by atomic mass is 35.5. The van der Waals surface area contributed by atoms with E-state index in [4.69, 9.17) is 16.3 Å². The number of aromatic nitrogens is 2. The van der Waals surface area contributed by atoms with Crippen molar-refractivity contribution >= 4 is 11.6 Å². The van der Waals surface area contributed by atoms with E-state index in [1.165, 1.54) is 0 Å². The molecule has 1 saturated heterocycles. The molecule has 0 saturated carbocycles. The maximum atomic E-state index is 5.85. The van der Waals surface area contributed by atoms with Gasteiger partial charge in [-0.15, -0.1) is 0 Å². The molecule has 0 amide bonds. The molecule has 2 rings (SSSR count). The molecule has 0 N–H and O–H groups in total. The summed E-state index contributed by atoms with van der Waals surface area (Å²) in [5.74, 6) is 0. The molecule has 1 aliphatic heterocycles. The molecule has 1 aliphatic rings. The third kappa shape index (κ3) is 1.14. The summed E-state index contributed by atoms with van der Waals surface area (Å²) in [6, 6.07) is 0. The lowest BCUT2D eigenvalue weighted by Gasteiger charge is -2.00. The Kier molecular flexibility index (Phi) is 1.62. The van der Waals surface area contributed by atoms with Crippen molar-refractivity contribution in [3.05, 3.63) is 17.2 Å². The van der Waals surface area contributed by atoms with Gasteiger partial charge in [-0.3, -0.25) is 0 Å². The molecule has 3 nitrogen and oxygen atoms in total. The zero-order chi connectivity index (χ0) is 7.84. The van der Waals surface area contributed by atoms with Crippen molar-refractivity contribution in [3.8, 4) is 0 Å². The van der Waals surface area contributed by atoms with Crippen LogP contribution in [0.1, 0.15) is 18.7 Å². The minimum atomic E-state index is 0.199. The van der Waals surface area contributed by atoms with Gasteiger partial charge in [0.2, 0.25) is 0 Å². The van der Waals surface area contributed by atoms with Gasteiger partial charge < -0.3 is 9.30 Å². The summed E-state index contributed by atoms with van der Waals surface area (Å²) in [6.45, 7) is 3.74. The van der Waals surface area contributed by atoms with Crippen molar-refractivity contribution in [2.75, 3.05) is 6.61 Å². The first-order valence-electron chi connectivity index (χ1n) is 3.65. The molecule has 0 radical (unpaired) electrons. The fourth-order valence-electron chi connectivity index (χ4n) is 1.14. The number of hydrogen-bond donors (Lipinski definition) is 0. The van der Waals surface area contributed by atoms with Crippen LogP contribution in [0, 0.1) is 0 Å². The predicted octanol–water partition coefficient (Wildman–Crippen LogP) is 1.63. The number of hydrogen-bond acceptors (Lipinski definition) is 2. The molecular formula is C7H9ClN2O. The molecule has 1 unspecified atom stereocenters. The SMILES string of the molecule is CCn1cnc(Cl)c1C1CO1. The average Bonchev–Trinajstić information content (AvgIpc) is 2.76. The lowest BCUT2D eigenvalue weighted by molar-refractivity contribution is 0.404. The third-order valence-corrected chi connectivity index (χ3v) is 2.10. The first-order chi connectivity index (χ1) is 5.33. The number of rotatable bonds is 2. The molecule has 1 atom stereocenters. The van der Waals surface area contributed by atoms with Gasteiger partial charge in [0.15, 0.2) is 5.15 Å². The predicted molar refractivity (Wildman–Crippen MR) is 41.6 cm³/mol. The number of ether oxygens (including phenoxy) is 1. The summed E-state index contributed by atoms with van der Waals surface area (Å²) in [5.41, 5.74) is 1.02. The van der Waals surface area contributed by atoms with Crippen LogP contribution in [0.15, 0.2) is 6.33 Å². The first-order valence-corrected chi connectivity index (χ1v) is 4.03. The van der Waals surface area contributed by atoms with E-state index in [2.05, 4.69) is 11.9 Å². The normalized spacial score (nSPS) is 22.2. The standard InChI is InChI=1S/C7H9ClN2O/c1-2-10-4-9-7(8)6(10)5-3-11-5/h4-5H,2-3H2,1H3. The van der Waals surface area contributed by atoms with E-state index >= 15 is 0 Å². The highest BCUT2D eigenvalue weighted by Crippen LogP contribution is 2.33.